The molecule has 102 valence electrons. The van der Waals surface area contributed by atoms with Crippen molar-refractivity contribution in [2.24, 2.45) is 0 Å². The van der Waals surface area contributed by atoms with Crippen molar-refractivity contribution < 1.29 is 14.6 Å². The number of rotatable bonds is 8. The Hall–Kier alpha value is -0.780. The molecule has 0 aliphatic carbocycles. The summed E-state index contributed by atoms with van der Waals surface area (Å²) in [6.45, 7) is 1.55. The molecule has 1 aromatic rings. The topological polar surface area (TPSA) is 50.7 Å². The fourth-order valence-corrected chi connectivity index (χ4v) is 2.21. The highest BCUT2D eigenvalue weighted by molar-refractivity contribution is 9.10. The van der Waals surface area contributed by atoms with Crippen LogP contribution in [-0.4, -0.2) is 32.5 Å². The second kappa shape index (κ2) is 8.34. The monoisotopic (exact) mass is 317 g/mol. The van der Waals surface area contributed by atoms with Gasteiger partial charge in [-0.1, -0.05) is 0 Å². The van der Waals surface area contributed by atoms with Gasteiger partial charge in [-0.25, -0.2) is 0 Å². The summed E-state index contributed by atoms with van der Waals surface area (Å²) in [6, 6.07) is 3.98. The lowest BCUT2D eigenvalue weighted by Crippen LogP contribution is -2.06. The lowest BCUT2D eigenvalue weighted by Gasteiger charge is -2.14. The van der Waals surface area contributed by atoms with Gasteiger partial charge >= 0.3 is 0 Å². The van der Waals surface area contributed by atoms with Crippen molar-refractivity contribution in [3.8, 4) is 11.5 Å². The molecule has 18 heavy (non-hydrogen) atoms. The van der Waals surface area contributed by atoms with E-state index < -0.39 is 0 Å². The number of ether oxygens (including phenoxy) is 2. The Kier molecular flexibility index (Phi) is 7.08. The molecular formula is C13H20BrNO3. The standard InChI is InChI=1S/C13H20BrNO3/c1-15-9-10-7-11(14)13(12(8-10)17-2)18-6-4-3-5-16/h7-8,15-16H,3-6,9H2,1-2H3. The number of methoxy groups -OCH3 is 1. The Bertz CT molecular complexity index is 371. The van der Waals surface area contributed by atoms with E-state index in [9.17, 15) is 0 Å². The largest absolute Gasteiger partial charge is 0.493 e. The fraction of sp³-hybridized carbons (Fsp3) is 0.538. The van der Waals surface area contributed by atoms with E-state index in [1.807, 2.05) is 19.2 Å². The summed E-state index contributed by atoms with van der Waals surface area (Å²) >= 11 is 3.50. The van der Waals surface area contributed by atoms with Gasteiger partial charge < -0.3 is 19.9 Å². The highest BCUT2D eigenvalue weighted by Crippen LogP contribution is 2.36. The van der Waals surface area contributed by atoms with Crippen LogP contribution in [0.3, 0.4) is 0 Å². The third-order valence-electron chi connectivity index (χ3n) is 2.47. The van der Waals surface area contributed by atoms with E-state index in [1.165, 1.54) is 0 Å². The predicted octanol–water partition coefficient (Wildman–Crippen LogP) is 2.33. The minimum atomic E-state index is 0.197. The summed E-state index contributed by atoms with van der Waals surface area (Å²) in [6.07, 6.45) is 1.57. The zero-order valence-electron chi connectivity index (χ0n) is 10.8. The van der Waals surface area contributed by atoms with E-state index in [-0.39, 0.29) is 6.61 Å². The molecule has 0 bridgehead atoms. The molecule has 2 N–H and O–H groups in total. The van der Waals surface area contributed by atoms with Gasteiger partial charge in [0.1, 0.15) is 0 Å². The molecule has 0 aromatic heterocycles. The van der Waals surface area contributed by atoms with Crippen LogP contribution in [0.25, 0.3) is 0 Å². The van der Waals surface area contributed by atoms with Crippen molar-refractivity contribution in [2.45, 2.75) is 19.4 Å². The molecule has 0 aliphatic heterocycles. The number of unbranched alkanes of at least 4 members (excludes halogenated alkanes) is 1. The number of aliphatic hydroxyl groups is 1. The first-order valence-electron chi connectivity index (χ1n) is 5.97. The number of halogens is 1. The van der Waals surface area contributed by atoms with E-state index in [0.717, 1.165) is 40.9 Å². The highest BCUT2D eigenvalue weighted by atomic mass is 79.9. The number of hydrogen-bond acceptors (Lipinski definition) is 4. The van der Waals surface area contributed by atoms with Gasteiger partial charge in [0.25, 0.3) is 0 Å². The van der Waals surface area contributed by atoms with Crippen LogP contribution in [0.4, 0.5) is 0 Å². The van der Waals surface area contributed by atoms with Crippen molar-refractivity contribution in [3.63, 3.8) is 0 Å². The van der Waals surface area contributed by atoms with E-state index in [1.54, 1.807) is 7.11 Å². The maximum absolute atomic E-state index is 8.72. The lowest BCUT2D eigenvalue weighted by molar-refractivity contribution is 0.246. The van der Waals surface area contributed by atoms with Gasteiger partial charge in [-0.15, -0.1) is 0 Å². The van der Waals surface area contributed by atoms with Crippen molar-refractivity contribution in [3.05, 3.63) is 22.2 Å². The second-order valence-electron chi connectivity index (χ2n) is 3.92. The first kappa shape index (κ1) is 15.3. The predicted molar refractivity (Wildman–Crippen MR) is 75.3 cm³/mol. The van der Waals surface area contributed by atoms with Gasteiger partial charge in [-0.05, 0) is 53.5 Å². The van der Waals surface area contributed by atoms with Crippen molar-refractivity contribution in [1.29, 1.82) is 0 Å². The molecule has 0 unspecified atom stereocenters. The summed E-state index contributed by atoms with van der Waals surface area (Å²) in [7, 11) is 3.53. The molecule has 0 heterocycles. The van der Waals surface area contributed by atoms with Gasteiger partial charge in [0, 0.05) is 13.2 Å². The maximum atomic E-state index is 8.72. The molecule has 0 aliphatic rings. The molecule has 0 saturated heterocycles. The van der Waals surface area contributed by atoms with Crippen molar-refractivity contribution >= 4 is 15.9 Å². The second-order valence-corrected chi connectivity index (χ2v) is 4.77. The summed E-state index contributed by atoms with van der Waals surface area (Å²) < 4.78 is 11.9. The van der Waals surface area contributed by atoms with E-state index in [4.69, 9.17) is 14.6 Å². The Labute approximate surface area is 116 Å². The van der Waals surface area contributed by atoms with E-state index in [2.05, 4.69) is 21.2 Å². The normalized spacial score (nSPS) is 10.4. The molecule has 5 heteroatoms. The van der Waals surface area contributed by atoms with Crippen LogP contribution in [0.15, 0.2) is 16.6 Å². The zero-order chi connectivity index (χ0) is 13.4. The van der Waals surface area contributed by atoms with Crippen LogP contribution in [0.1, 0.15) is 18.4 Å². The molecular weight excluding hydrogens is 298 g/mol. The Balaban J connectivity index is 2.76. The van der Waals surface area contributed by atoms with Gasteiger partial charge in [-0.3, -0.25) is 0 Å². The fourth-order valence-electron chi connectivity index (χ4n) is 1.61. The number of aliphatic hydroxyl groups excluding tert-OH is 1. The molecule has 1 aromatic carbocycles. The maximum Gasteiger partial charge on any atom is 0.175 e. The van der Waals surface area contributed by atoms with Crippen LogP contribution in [0, 0.1) is 0 Å². The minimum absolute atomic E-state index is 0.197. The van der Waals surface area contributed by atoms with E-state index in [0.29, 0.717) is 6.61 Å². The summed E-state index contributed by atoms with van der Waals surface area (Å²) in [4.78, 5) is 0. The summed E-state index contributed by atoms with van der Waals surface area (Å²) in [5.41, 5.74) is 1.13. The third-order valence-corrected chi connectivity index (χ3v) is 3.06. The number of benzene rings is 1. The van der Waals surface area contributed by atoms with E-state index >= 15 is 0 Å². The Morgan fingerprint density at radius 2 is 2.11 bits per heavy atom. The van der Waals surface area contributed by atoms with Crippen LogP contribution >= 0.6 is 15.9 Å². The molecule has 0 fully saturated rings. The molecule has 0 saturated carbocycles. The molecule has 4 nitrogen and oxygen atoms in total. The van der Waals surface area contributed by atoms with Crippen LogP contribution in [0.5, 0.6) is 11.5 Å². The quantitative estimate of drug-likeness (QED) is 0.723. The Morgan fingerprint density at radius 3 is 2.72 bits per heavy atom. The van der Waals surface area contributed by atoms with Gasteiger partial charge in [0.15, 0.2) is 11.5 Å². The van der Waals surface area contributed by atoms with Gasteiger partial charge in [0.2, 0.25) is 0 Å². The lowest BCUT2D eigenvalue weighted by atomic mass is 10.2. The number of nitrogens with one attached hydrogen (secondary N) is 1. The van der Waals surface area contributed by atoms with Crippen LogP contribution in [-0.2, 0) is 6.54 Å². The first-order valence-corrected chi connectivity index (χ1v) is 6.77. The summed E-state index contributed by atoms with van der Waals surface area (Å²) in [5, 5.41) is 11.8. The van der Waals surface area contributed by atoms with Crippen LogP contribution < -0.4 is 14.8 Å². The van der Waals surface area contributed by atoms with Gasteiger partial charge in [-0.2, -0.15) is 0 Å². The van der Waals surface area contributed by atoms with Crippen LogP contribution in [0.2, 0.25) is 0 Å². The molecule has 0 spiro atoms. The molecule has 0 amide bonds. The summed E-state index contributed by atoms with van der Waals surface area (Å²) in [5.74, 6) is 1.44. The number of hydrogen-bond donors (Lipinski definition) is 2. The van der Waals surface area contributed by atoms with Gasteiger partial charge in [0.05, 0.1) is 18.2 Å². The molecule has 0 atom stereocenters. The van der Waals surface area contributed by atoms with Crippen molar-refractivity contribution in [2.75, 3.05) is 27.4 Å². The molecule has 0 radical (unpaired) electrons. The average Bonchev–Trinajstić information content (AvgIpc) is 2.36. The molecule has 1 rings (SSSR count). The third kappa shape index (κ3) is 4.48. The smallest absolute Gasteiger partial charge is 0.175 e. The zero-order valence-corrected chi connectivity index (χ0v) is 12.4. The highest BCUT2D eigenvalue weighted by Gasteiger charge is 2.11. The minimum Gasteiger partial charge on any atom is -0.493 e. The first-order chi connectivity index (χ1) is 8.72. The average molecular weight is 318 g/mol. The SMILES string of the molecule is CNCc1cc(Br)c(OCCCCO)c(OC)c1. The van der Waals surface area contributed by atoms with Crippen molar-refractivity contribution in [1.82, 2.24) is 5.32 Å². The Morgan fingerprint density at radius 1 is 1.33 bits per heavy atom.